The van der Waals surface area contributed by atoms with E-state index in [0.29, 0.717) is 74.4 Å². The van der Waals surface area contributed by atoms with Gasteiger partial charge in [0.25, 0.3) is 0 Å². The van der Waals surface area contributed by atoms with Crippen LogP contribution in [-0.4, -0.2) is 153 Å². The maximum atomic E-state index is 15.8. The summed E-state index contributed by atoms with van der Waals surface area (Å²) < 4.78 is 159. The van der Waals surface area contributed by atoms with Crippen LogP contribution in [0.1, 0.15) is 86.9 Å². The summed E-state index contributed by atoms with van der Waals surface area (Å²) >= 11 is 0. The fourth-order valence-electron chi connectivity index (χ4n) is 10.4. The lowest BCUT2D eigenvalue weighted by atomic mass is 9.75. The topological polar surface area (TPSA) is 201 Å². The molecule has 3 saturated heterocycles. The third-order valence-electron chi connectivity index (χ3n) is 15.8. The van der Waals surface area contributed by atoms with Gasteiger partial charge >= 0.3 is 31.0 Å². The van der Waals surface area contributed by atoms with E-state index in [2.05, 4.69) is 41.5 Å². The lowest BCUT2D eigenvalue weighted by molar-refractivity contribution is -0.231. The van der Waals surface area contributed by atoms with Crippen LogP contribution in [0.15, 0.2) is 59.7 Å². The molecule has 2 aromatic carbocycles. The number of benzene rings is 2. The first-order chi connectivity index (χ1) is 38.9. The number of amides is 2. The summed E-state index contributed by atoms with van der Waals surface area (Å²) in [4.78, 5) is 65.9. The van der Waals surface area contributed by atoms with Gasteiger partial charge in [-0.15, -0.1) is 0 Å². The number of rotatable bonds is 23. The average molecular weight is 1180 g/mol. The molecule has 3 fully saturated rings. The second kappa shape index (κ2) is 27.3. The molecule has 5 N–H and O–H groups in total. The number of halogens is 10. The van der Waals surface area contributed by atoms with Gasteiger partial charge in [-0.1, -0.05) is 37.8 Å². The molecule has 6 atom stereocenters. The number of esters is 1. The van der Waals surface area contributed by atoms with Crippen LogP contribution < -0.4 is 21.4 Å². The minimum atomic E-state index is -5.13. The largest absolute Gasteiger partial charge is 0.469 e. The summed E-state index contributed by atoms with van der Waals surface area (Å²) in [5, 5.41) is 14.9. The lowest BCUT2D eigenvalue weighted by Crippen LogP contribution is -2.62. The first-order valence-corrected chi connectivity index (χ1v) is 26.6. The van der Waals surface area contributed by atoms with Crippen molar-refractivity contribution in [3.05, 3.63) is 99.9 Å². The summed E-state index contributed by atoms with van der Waals surface area (Å²) in [6.45, 7) is 2.78. The van der Waals surface area contributed by atoms with Crippen LogP contribution in [0.3, 0.4) is 0 Å². The Bertz CT molecular complexity index is 2890. The maximum Gasteiger partial charge on any atom is 0.407 e. The summed E-state index contributed by atoms with van der Waals surface area (Å²) in [6.07, 6.45) is -13.2. The van der Waals surface area contributed by atoms with E-state index < -0.39 is 127 Å². The zero-order valence-corrected chi connectivity index (χ0v) is 46.8. The molecule has 0 aliphatic carbocycles. The Morgan fingerprint density at radius 1 is 0.892 bits per heavy atom. The zero-order valence-electron chi connectivity index (χ0n) is 46.8. The van der Waals surface area contributed by atoms with E-state index in [1.165, 1.54) is 0 Å². The van der Waals surface area contributed by atoms with Crippen LogP contribution in [0.25, 0.3) is 5.57 Å². The van der Waals surface area contributed by atoms with Crippen LogP contribution in [0.5, 0.6) is 0 Å². The number of ketones is 1. The highest BCUT2D eigenvalue weighted by Crippen LogP contribution is 2.46. The van der Waals surface area contributed by atoms with E-state index >= 15 is 8.78 Å². The Hall–Kier alpha value is -6.82. The minimum Gasteiger partial charge on any atom is -0.469 e. The third kappa shape index (κ3) is 16.1. The number of carbonyl (C=O) groups excluding carboxylic acids is 4. The molecule has 2 amide bonds. The highest BCUT2D eigenvalue weighted by Gasteiger charge is 2.57. The molecule has 6 rings (SSSR count). The molecule has 0 saturated carbocycles. The molecular weight excluding hydrogens is 1110 g/mol. The number of pyridine rings is 1. The summed E-state index contributed by atoms with van der Waals surface area (Å²) in [6, 6.07) is 10.5. The number of hydrogen-bond acceptors (Lipinski definition) is 14. The van der Waals surface area contributed by atoms with Crippen molar-refractivity contribution in [1.29, 1.82) is 0 Å². The predicted octanol–water partition coefficient (Wildman–Crippen LogP) is 7.85. The quantitative estimate of drug-likeness (QED) is 0.0179. The van der Waals surface area contributed by atoms with E-state index in [1.54, 1.807) is 24.3 Å². The molecule has 1 aromatic heterocycles. The van der Waals surface area contributed by atoms with Crippen molar-refractivity contribution in [1.82, 2.24) is 25.6 Å². The van der Waals surface area contributed by atoms with Crippen molar-refractivity contribution in [2.24, 2.45) is 33.4 Å². The van der Waals surface area contributed by atoms with Gasteiger partial charge in [0.1, 0.15) is 23.5 Å². The fraction of sp³-hybridized carbons (Fsp3) is 0.544. The van der Waals surface area contributed by atoms with Gasteiger partial charge in [-0.3, -0.25) is 24.7 Å². The zero-order chi connectivity index (χ0) is 61.4. The van der Waals surface area contributed by atoms with Crippen LogP contribution in [0.2, 0.25) is 0 Å². The molecular formula is C57H68F10N8O8. The molecule has 0 radical (unpaired) electrons. The number of piperazine rings is 1. The van der Waals surface area contributed by atoms with Crippen molar-refractivity contribution in [2.75, 3.05) is 58.5 Å². The van der Waals surface area contributed by atoms with Crippen molar-refractivity contribution in [3.8, 4) is 11.8 Å². The third-order valence-corrected chi connectivity index (χ3v) is 15.8. The maximum absolute atomic E-state index is 15.8. The van der Waals surface area contributed by atoms with Crippen LogP contribution >= 0.6 is 0 Å². The second-order valence-electron chi connectivity index (χ2n) is 22.0. The molecule has 83 heavy (non-hydrogen) atoms. The number of fused-ring (bicyclic) bond motifs is 2. The molecule has 16 nitrogen and oxygen atoms in total. The lowest BCUT2D eigenvalue weighted by Gasteiger charge is -2.48. The number of aromatic nitrogens is 1. The number of Topliss-reactive ketones (excluding diaryl/α,β-unsaturated/α-hetero) is 1. The number of nitrogens with zero attached hydrogens (tertiary/aromatic N) is 5. The Morgan fingerprint density at radius 3 is 2.02 bits per heavy atom. The molecule has 26 heteroatoms. The highest BCUT2D eigenvalue weighted by molar-refractivity contribution is 6.09. The van der Waals surface area contributed by atoms with Crippen molar-refractivity contribution < 1.29 is 82.4 Å². The minimum absolute atomic E-state index is 0.318. The van der Waals surface area contributed by atoms with E-state index in [9.17, 15) is 59.4 Å². The SMILES string of the molecule is COC(=O)C[C@H](C(=O)NN(CCc1c(F)cc(C(C=NC(F)F)=CN)cc1F)C[C@H](O)[C@@H](CC(=O)[C@@H](NC(=O)OC)C(C)(C)C(F)(F)F)Cc1ccc(C#Cc2ccc(N3CC4CCC(C3)N4C3COC3)nc2C)cc1)C(C)(C)C(F)(F)F. The molecule has 3 aliphatic heterocycles. The number of anilines is 1. The summed E-state index contributed by atoms with van der Waals surface area (Å²) in [5.74, 6) is -3.21. The van der Waals surface area contributed by atoms with E-state index in [-0.39, 0.29) is 17.6 Å². The second-order valence-corrected chi connectivity index (χ2v) is 22.0. The van der Waals surface area contributed by atoms with E-state index in [4.69, 9.17) is 15.5 Å². The van der Waals surface area contributed by atoms with Gasteiger partial charge < -0.3 is 35.3 Å². The number of hydrogen-bond donors (Lipinski definition) is 4. The molecule has 0 spiro atoms. The van der Waals surface area contributed by atoms with E-state index in [1.807, 2.05) is 24.4 Å². The first-order valence-electron chi connectivity index (χ1n) is 26.6. The number of carbonyl (C=O) groups is 4. The molecule has 3 aliphatic rings. The van der Waals surface area contributed by atoms with Crippen molar-refractivity contribution in [3.63, 3.8) is 0 Å². The van der Waals surface area contributed by atoms with Gasteiger partial charge in [-0.25, -0.2) is 28.6 Å². The van der Waals surface area contributed by atoms with Gasteiger partial charge in [0.2, 0.25) is 5.91 Å². The predicted molar refractivity (Wildman–Crippen MR) is 285 cm³/mol. The van der Waals surface area contributed by atoms with E-state index in [0.717, 1.165) is 82.5 Å². The smallest absolute Gasteiger partial charge is 0.407 e. The number of aliphatic imine (C=N–C) groups is 1. The van der Waals surface area contributed by atoms with Gasteiger partial charge in [0, 0.05) is 79.4 Å². The number of ether oxygens (including phenoxy) is 3. The monoisotopic (exact) mass is 1180 g/mol. The number of aliphatic hydroxyl groups is 1. The summed E-state index contributed by atoms with van der Waals surface area (Å²) in [7, 11) is 1.72. The molecule has 454 valence electrons. The van der Waals surface area contributed by atoms with Crippen LogP contribution in [0, 0.1) is 53.1 Å². The van der Waals surface area contributed by atoms with Crippen molar-refractivity contribution >= 4 is 41.4 Å². The molecule has 4 heterocycles. The molecule has 2 bridgehead atoms. The summed E-state index contributed by atoms with van der Waals surface area (Å²) in [5.41, 5.74) is 2.64. The average Bonchev–Trinajstić information content (AvgIpc) is 3.97. The van der Waals surface area contributed by atoms with Gasteiger partial charge in [0.05, 0.1) is 68.4 Å². The number of aryl methyl sites for hydroxylation is 1. The van der Waals surface area contributed by atoms with Crippen LogP contribution in [0.4, 0.5) is 54.5 Å². The van der Waals surface area contributed by atoms with Gasteiger partial charge in [-0.05, 0) is 99.9 Å². The molecule has 2 unspecified atom stereocenters. The first kappa shape index (κ1) is 65.3. The number of alkyl halides is 8. The normalized spacial score (nSPS) is 18.7. The van der Waals surface area contributed by atoms with Gasteiger partial charge in [0.15, 0.2) is 5.78 Å². The standard InChI is InChI=1S/C57H68F10N8O8/c1-32-35(14-17-48(70-32)73-27-39-15-16-40(28-73)75(39)41-30-83-31-41)13-12-33-8-10-34(11-9-33)20-37(23-46(76)50(71-53(80)82-7)55(4,5)57(65,66)67)47(77)29-74(72-51(79)43(24-49(78)81-6)54(2,3)56(62,63)64)19-18-42-44(58)21-36(22-45(42)59)38(25-68)26-69-52(60)61/h8-11,14,17,21-22,25-26,37,39-41,43,47,50,52,77H,15-16,18-20,23-24,27-31,68H2,1-7H3,(H,71,80)(H,72,79)/t37-,39?,40?,43-,47+,50-/m1/s1. The Labute approximate surface area is 474 Å². The highest BCUT2D eigenvalue weighted by atomic mass is 19.4. The number of allylic oxidation sites excluding steroid dienone is 1. The number of nitrogens with one attached hydrogen (secondary N) is 2. The Balaban J connectivity index is 1.31. The Kier molecular flexibility index (Phi) is 21.5. The Morgan fingerprint density at radius 2 is 1.51 bits per heavy atom. The number of methoxy groups -OCH3 is 2. The number of hydrazine groups is 1. The van der Waals surface area contributed by atoms with Crippen molar-refractivity contribution in [2.45, 2.75) is 122 Å². The van der Waals surface area contributed by atoms with Crippen LogP contribution in [-0.2, 0) is 41.4 Å². The fourth-order valence-corrected chi connectivity index (χ4v) is 10.4. The number of aliphatic hydroxyl groups excluding tert-OH is 1. The molecule has 3 aromatic rings. The number of nitrogens with two attached hydrogens (primary N) is 1. The number of alkyl carbamates (subject to hydrolysis) is 1. The van der Waals surface area contributed by atoms with Gasteiger partial charge in [-0.2, -0.15) is 35.1 Å².